The van der Waals surface area contributed by atoms with Gasteiger partial charge in [0, 0.05) is 14.1 Å². The molecule has 0 spiro atoms. The van der Waals surface area contributed by atoms with E-state index in [9.17, 15) is 14.4 Å². The smallest absolute Gasteiger partial charge is 0.358 e. The highest BCUT2D eigenvalue weighted by atomic mass is 32.2. The number of carbonyl (C=O) groups is 3. The number of carbonyl (C=O) groups excluding carboxylic acids is 2. The quantitative estimate of drug-likeness (QED) is 0.792. The van der Waals surface area contributed by atoms with E-state index in [4.69, 9.17) is 5.11 Å². The minimum Gasteiger partial charge on any atom is -0.481 e. The minimum atomic E-state index is -0.972. The number of carboxylic acids is 1. The Morgan fingerprint density at radius 2 is 1.88 bits per heavy atom. The second-order valence-corrected chi connectivity index (χ2v) is 7.13. The van der Waals surface area contributed by atoms with Crippen LogP contribution in [0, 0.1) is 6.92 Å². The highest BCUT2D eigenvalue weighted by Gasteiger charge is 2.53. The van der Waals surface area contributed by atoms with Crippen molar-refractivity contribution in [3.8, 4) is 0 Å². The van der Waals surface area contributed by atoms with Crippen molar-refractivity contribution in [2.24, 2.45) is 4.99 Å². The fourth-order valence-electron chi connectivity index (χ4n) is 2.87. The van der Waals surface area contributed by atoms with E-state index in [-0.39, 0.29) is 11.7 Å². The summed E-state index contributed by atoms with van der Waals surface area (Å²) in [5, 5.41) is 9.41. The number of aliphatic imine (C=N–C) groups is 1. The molecule has 1 atom stereocenters. The largest absolute Gasteiger partial charge is 0.481 e. The van der Waals surface area contributed by atoms with Gasteiger partial charge in [0.15, 0.2) is 0 Å². The minimum absolute atomic E-state index is 0.176. The van der Waals surface area contributed by atoms with E-state index in [0.29, 0.717) is 17.5 Å². The van der Waals surface area contributed by atoms with Crippen LogP contribution in [0.4, 0.5) is 4.79 Å². The first-order valence-corrected chi connectivity index (χ1v) is 8.95. The third-order valence-corrected chi connectivity index (χ3v) is 5.27. The first-order valence-electron chi connectivity index (χ1n) is 7.97. The number of fused-ring (bicyclic) bond motifs is 1. The molecule has 0 radical (unpaired) electrons. The molecule has 2 aliphatic rings. The lowest BCUT2D eigenvalue weighted by molar-refractivity contribution is -0.548. The molecular formula is C17H19N4O4S+. The molecule has 0 saturated carbocycles. The molecule has 2 heterocycles. The van der Waals surface area contributed by atoms with Crippen LogP contribution in [-0.2, 0) is 16.1 Å². The maximum Gasteiger partial charge on any atom is 0.358 e. The summed E-state index contributed by atoms with van der Waals surface area (Å²) < 4.78 is 1.76. The standard InChI is InChI=1S/C17H18N4O4S/c1-10-4-6-11(7-5-10)8-21-13-14(18-16(21)26-9-12(22)23)19(2)17(25)20(3)15(13)24/h4-7,13H,8-9H2,1-3H3/p+1. The second kappa shape index (κ2) is 6.91. The molecule has 1 fully saturated rings. The monoisotopic (exact) mass is 375 g/mol. The number of imide groups is 1. The molecule has 3 rings (SSSR count). The van der Waals surface area contributed by atoms with Crippen LogP contribution < -0.4 is 0 Å². The Kier molecular flexibility index (Phi) is 4.82. The molecule has 26 heavy (non-hydrogen) atoms. The molecular weight excluding hydrogens is 356 g/mol. The third-order valence-electron chi connectivity index (χ3n) is 4.29. The fraction of sp³-hybridized carbons (Fsp3) is 0.353. The topological polar surface area (TPSA) is 93.3 Å². The first kappa shape index (κ1) is 18.1. The van der Waals surface area contributed by atoms with Crippen LogP contribution >= 0.6 is 11.8 Å². The number of benzene rings is 1. The Morgan fingerprint density at radius 3 is 2.50 bits per heavy atom. The molecule has 2 aliphatic heterocycles. The van der Waals surface area contributed by atoms with E-state index >= 15 is 0 Å². The predicted octanol–water partition coefficient (Wildman–Crippen LogP) is 0.986. The molecule has 1 saturated heterocycles. The molecule has 1 unspecified atom stereocenters. The summed E-state index contributed by atoms with van der Waals surface area (Å²) in [6, 6.07) is 6.67. The fourth-order valence-corrected chi connectivity index (χ4v) is 3.61. The number of hydrogen-bond donors (Lipinski definition) is 1. The van der Waals surface area contributed by atoms with Gasteiger partial charge in [-0.05, 0) is 29.2 Å². The van der Waals surface area contributed by atoms with Crippen molar-refractivity contribution >= 4 is 40.7 Å². The Balaban J connectivity index is 1.99. The SMILES string of the molecule is Cc1ccc(C[N+]2=C(SCC(=O)O)N=C3C2C(=O)N(C)C(=O)N3C)cc1. The van der Waals surface area contributed by atoms with Gasteiger partial charge in [-0.15, -0.1) is 0 Å². The van der Waals surface area contributed by atoms with Crippen LogP contribution in [0.3, 0.4) is 0 Å². The summed E-state index contributed by atoms with van der Waals surface area (Å²) >= 11 is 1.04. The Hall–Kier alpha value is -2.68. The molecule has 0 bridgehead atoms. The van der Waals surface area contributed by atoms with Gasteiger partial charge in [0.05, 0.1) is 0 Å². The average Bonchev–Trinajstić information content (AvgIpc) is 2.96. The zero-order valence-electron chi connectivity index (χ0n) is 14.7. The molecule has 1 aromatic carbocycles. The molecule has 136 valence electrons. The van der Waals surface area contributed by atoms with Gasteiger partial charge in [-0.1, -0.05) is 29.8 Å². The maximum absolute atomic E-state index is 12.7. The van der Waals surface area contributed by atoms with Crippen LogP contribution in [0.25, 0.3) is 0 Å². The lowest BCUT2D eigenvalue weighted by atomic mass is 10.1. The number of likely N-dealkylation sites (N-methyl/N-ethyl adjacent to an activating group) is 2. The number of aliphatic carboxylic acids is 1. The zero-order valence-corrected chi connectivity index (χ0v) is 15.5. The molecule has 8 nitrogen and oxygen atoms in total. The molecule has 9 heteroatoms. The van der Waals surface area contributed by atoms with E-state index in [2.05, 4.69) is 4.99 Å². The van der Waals surface area contributed by atoms with Crippen molar-refractivity contribution in [1.82, 2.24) is 9.80 Å². The normalized spacial score (nSPS) is 19.8. The number of thioether (sulfide) groups is 1. The summed E-state index contributed by atoms with van der Waals surface area (Å²) in [4.78, 5) is 42.7. The van der Waals surface area contributed by atoms with Gasteiger partial charge in [0.25, 0.3) is 17.8 Å². The summed E-state index contributed by atoms with van der Waals surface area (Å²) in [5.74, 6) is -1.19. The third kappa shape index (κ3) is 3.22. The van der Waals surface area contributed by atoms with E-state index in [1.807, 2.05) is 31.2 Å². The van der Waals surface area contributed by atoms with Gasteiger partial charge in [-0.2, -0.15) is 0 Å². The van der Waals surface area contributed by atoms with Crippen LogP contribution in [0.1, 0.15) is 11.1 Å². The van der Waals surface area contributed by atoms with E-state index in [0.717, 1.165) is 27.8 Å². The number of urea groups is 1. The number of nitrogens with zero attached hydrogens (tertiary/aromatic N) is 4. The number of rotatable bonds is 4. The summed E-state index contributed by atoms with van der Waals surface area (Å²) in [6.45, 7) is 2.38. The molecule has 0 aromatic heterocycles. The highest BCUT2D eigenvalue weighted by Crippen LogP contribution is 2.24. The van der Waals surface area contributed by atoms with Crippen molar-refractivity contribution < 1.29 is 24.1 Å². The number of carboxylic acid groups (broad SMARTS) is 1. The van der Waals surface area contributed by atoms with Crippen molar-refractivity contribution in [3.05, 3.63) is 35.4 Å². The van der Waals surface area contributed by atoms with Gasteiger partial charge in [0.2, 0.25) is 0 Å². The lowest BCUT2D eigenvalue weighted by Crippen LogP contribution is -2.61. The van der Waals surface area contributed by atoms with E-state index in [1.165, 1.54) is 11.9 Å². The zero-order chi connectivity index (χ0) is 19.0. The van der Waals surface area contributed by atoms with E-state index in [1.54, 1.807) is 11.6 Å². The predicted molar refractivity (Wildman–Crippen MR) is 97.4 cm³/mol. The van der Waals surface area contributed by atoms with Crippen LogP contribution in [-0.4, -0.2) is 74.3 Å². The van der Waals surface area contributed by atoms with Gasteiger partial charge in [0.1, 0.15) is 12.3 Å². The van der Waals surface area contributed by atoms with E-state index < -0.39 is 18.0 Å². The van der Waals surface area contributed by atoms with Crippen molar-refractivity contribution in [3.63, 3.8) is 0 Å². The Labute approximate surface area is 154 Å². The second-order valence-electron chi connectivity index (χ2n) is 6.19. The average molecular weight is 375 g/mol. The van der Waals surface area contributed by atoms with Gasteiger partial charge < -0.3 is 5.11 Å². The summed E-state index contributed by atoms with van der Waals surface area (Å²) in [6.07, 6.45) is 0. The number of amidine groups is 2. The van der Waals surface area contributed by atoms with Gasteiger partial charge >= 0.3 is 17.2 Å². The van der Waals surface area contributed by atoms with Gasteiger partial charge in [-0.25, -0.2) is 9.37 Å². The number of amides is 3. The summed E-state index contributed by atoms with van der Waals surface area (Å²) in [7, 11) is 3.00. The molecule has 1 aromatic rings. The Morgan fingerprint density at radius 1 is 1.23 bits per heavy atom. The van der Waals surface area contributed by atoms with Crippen molar-refractivity contribution in [2.75, 3.05) is 19.8 Å². The Bertz CT molecular complexity index is 847. The lowest BCUT2D eigenvalue weighted by Gasteiger charge is -2.30. The highest BCUT2D eigenvalue weighted by molar-refractivity contribution is 8.14. The molecule has 3 amide bonds. The molecule has 1 N–H and O–H groups in total. The van der Waals surface area contributed by atoms with Crippen molar-refractivity contribution in [2.45, 2.75) is 19.5 Å². The summed E-state index contributed by atoms with van der Waals surface area (Å²) in [5.41, 5.74) is 2.09. The van der Waals surface area contributed by atoms with Crippen LogP contribution in [0.5, 0.6) is 0 Å². The van der Waals surface area contributed by atoms with Gasteiger partial charge in [-0.3, -0.25) is 19.4 Å². The van der Waals surface area contributed by atoms with Crippen LogP contribution in [0.2, 0.25) is 0 Å². The maximum atomic E-state index is 12.7. The van der Waals surface area contributed by atoms with Crippen molar-refractivity contribution in [1.29, 1.82) is 0 Å². The molecule has 0 aliphatic carbocycles. The van der Waals surface area contributed by atoms with Crippen LogP contribution in [0.15, 0.2) is 29.3 Å². The number of hydrogen-bond acceptors (Lipinski definition) is 5. The first-order chi connectivity index (χ1) is 12.3. The number of aryl methyl sites for hydroxylation is 1.